The van der Waals surface area contributed by atoms with E-state index in [-0.39, 0.29) is 11.8 Å². The van der Waals surface area contributed by atoms with Crippen molar-refractivity contribution < 1.29 is 14.3 Å². The Morgan fingerprint density at radius 2 is 1.95 bits per heavy atom. The van der Waals surface area contributed by atoms with Gasteiger partial charge in [0.1, 0.15) is 5.54 Å². The van der Waals surface area contributed by atoms with E-state index in [0.29, 0.717) is 37.3 Å². The molecular formula is C15H21N3O3. The number of carbonyl (C=O) groups is 2. The molecule has 1 aliphatic heterocycles. The van der Waals surface area contributed by atoms with Crippen molar-refractivity contribution in [2.45, 2.75) is 25.3 Å². The zero-order chi connectivity index (χ0) is 15.5. The molecule has 114 valence electrons. The third-order valence-corrected chi connectivity index (χ3v) is 3.81. The Morgan fingerprint density at radius 3 is 2.57 bits per heavy atom. The van der Waals surface area contributed by atoms with Crippen LogP contribution in [0.15, 0.2) is 18.2 Å². The maximum absolute atomic E-state index is 12.4. The lowest BCUT2D eigenvalue weighted by atomic mass is 9.90. The molecule has 21 heavy (non-hydrogen) atoms. The fourth-order valence-corrected chi connectivity index (χ4v) is 2.25. The molecular weight excluding hydrogens is 270 g/mol. The number of nitrogens with two attached hydrogens (primary N) is 1. The maximum Gasteiger partial charge on any atom is 0.251 e. The van der Waals surface area contributed by atoms with Crippen LogP contribution < -0.4 is 16.4 Å². The summed E-state index contributed by atoms with van der Waals surface area (Å²) in [5.41, 5.74) is 7.23. The highest BCUT2D eigenvalue weighted by atomic mass is 16.5. The minimum Gasteiger partial charge on any atom is -0.381 e. The molecule has 0 aliphatic carbocycles. The highest BCUT2D eigenvalue weighted by molar-refractivity contribution is 6.00. The average molecular weight is 291 g/mol. The van der Waals surface area contributed by atoms with E-state index in [9.17, 15) is 9.59 Å². The monoisotopic (exact) mass is 291 g/mol. The van der Waals surface area contributed by atoms with Crippen LogP contribution in [0.3, 0.4) is 0 Å². The molecule has 1 aliphatic rings. The molecule has 1 fully saturated rings. The van der Waals surface area contributed by atoms with E-state index < -0.39 is 5.54 Å². The number of amides is 2. The van der Waals surface area contributed by atoms with Crippen LogP contribution in [-0.4, -0.2) is 37.6 Å². The van der Waals surface area contributed by atoms with Crippen molar-refractivity contribution in [1.29, 1.82) is 0 Å². The zero-order valence-electron chi connectivity index (χ0n) is 12.4. The Bertz CT molecular complexity index is 551. The number of rotatable bonds is 3. The average Bonchev–Trinajstić information content (AvgIpc) is 2.49. The van der Waals surface area contributed by atoms with Crippen LogP contribution in [0.1, 0.15) is 28.8 Å². The SMILES string of the molecule is CNC(=O)c1ccc(C)c(NC(=O)C2(N)CCOCC2)c1. The van der Waals surface area contributed by atoms with Gasteiger partial charge in [-0.15, -0.1) is 0 Å². The first-order chi connectivity index (χ1) is 9.96. The number of nitrogens with one attached hydrogen (secondary N) is 2. The number of aryl methyl sites for hydroxylation is 1. The topological polar surface area (TPSA) is 93.5 Å². The van der Waals surface area contributed by atoms with Gasteiger partial charge in [-0.3, -0.25) is 9.59 Å². The van der Waals surface area contributed by atoms with Crippen LogP contribution in [0.5, 0.6) is 0 Å². The molecule has 1 aromatic carbocycles. The van der Waals surface area contributed by atoms with Crippen LogP contribution >= 0.6 is 0 Å². The number of hydrogen-bond donors (Lipinski definition) is 3. The Morgan fingerprint density at radius 1 is 1.29 bits per heavy atom. The number of ether oxygens (including phenoxy) is 1. The summed E-state index contributed by atoms with van der Waals surface area (Å²) < 4.78 is 5.24. The van der Waals surface area contributed by atoms with Crippen molar-refractivity contribution in [3.05, 3.63) is 29.3 Å². The smallest absolute Gasteiger partial charge is 0.251 e. The Hall–Kier alpha value is -1.92. The van der Waals surface area contributed by atoms with E-state index in [1.165, 1.54) is 0 Å². The Labute approximate surface area is 124 Å². The first kappa shape index (κ1) is 15.5. The highest BCUT2D eigenvalue weighted by Gasteiger charge is 2.36. The van der Waals surface area contributed by atoms with Gasteiger partial charge in [0.05, 0.1) is 0 Å². The lowest BCUT2D eigenvalue weighted by molar-refractivity contribution is -0.124. The molecule has 0 spiro atoms. The van der Waals surface area contributed by atoms with E-state index in [1.807, 2.05) is 6.92 Å². The molecule has 1 aromatic rings. The number of hydrogen-bond acceptors (Lipinski definition) is 4. The van der Waals surface area contributed by atoms with Gasteiger partial charge in [-0.05, 0) is 37.5 Å². The van der Waals surface area contributed by atoms with Crippen LogP contribution in [0.2, 0.25) is 0 Å². The number of benzene rings is 1. The van der Waals surface area contributed by atoms with Crippen molar-refractivity contribution in [2.24, 2.45) is 5.73 Å². The van der Waals surface area contributed by atoms with Crippen LogP contribution in [0.4, 0.5) is 5.69 Å². The van der Waals surface area contributed by atoms with Gasteiger partial charge in [0.25, 0.3) is 5.91 Å². The van der Waals surface area contributed by atoms with Crippen LogP contribution in [0, 0.1) is 6.92 Å². The summed E-state index contributed by atoms with van der Waals surface area (Å²) >= 11 is 0. The van der Waals surface area contributed by atoms with Gasteiger partial charge in [0, 0.05) is 31.5 Å². The van der Waals surface area contributed by atoms with E-state index in [2.05, 4.69) is 10.6 Å². The van der Waals surface area contributed by atoms with E-state index in [4.69, 9.17) is 10.5 Å². The second-order valence-corrected chi connectivity index (χ2v) is 5.33. The van der Waals surface area contributed by atoms with Gasteiger partial charge in [0.2, 0.25) is 5.91 Å². The van der Waals surface area contributed by atoms with Gasteiger partial charge < -0.3 is 21.1 Å². The van der Waals surface area contributed by atoms with Gasteiger partial charge >= 0.3 is 0 Å². The molecule has 1 saturated heterocycles. The zero-order valence-corrected chi connectivity index (χ0v) is 12.4. The second kappa shape index (κ2) is 6.24. The van der Waals surface area contributed by atoms with E-state index in [1.54, 1.807) is 25.2 Å². The summed E-state index contributed by atoms with van der Waals surface area (Å²) in [5.74, 6) is -0.429. The molecule has 1 heterocycles. The van der Waals surface area contributed by atoms with E-state index >= 15 is 0 Å². The lowest BCUT2D eigenvalue weighted by Crippen LogP contribution is -2.54. The quantitative estimate of drug-likeness (QED) is 0.768. The van der Waals surface area contributed by atoms with Crippen LogP contribution in [0.25, 0.3) is 0 Å². The first-order valence-electron chi connectivity index (χ1n) is 6.97. The predicted octanol–water partition coefficient (Wildman–Crippen LogP) is 0.801. The van der Waals surface area contributed by atoms with Gasteiger partial charge in [-0.25, -0.2) is 0 Å². The molecule has 0 aromatic heterocycles. The van der Waals surface area contributed by atoms with Gasteiger partial charge in [0.15, 0.2) is 0 Å². The fraction of sp³-hybridized carbons (Fsp3) is 0.467. The first-order valence-corrected chi connectivity index (χ1v) is 6.97. The molecule has 0 atom stereocenters. The maximum atomic E-state index is 12.4. The molecule has 0 unspecified atom stereocenters. The summed E-state index contributed by atoms with van der Waals surface area (Å²) in [5, 5.41) is 5.40. The minimum absolute atomic E-state index is 0.195. The van der Waals surface area contributed by atoms with E-state index in [0.717, 1.165) is 5.56 Å². The van der Waals surface area contributed by atoms with Crippen molar-refractivity contribution in [3.63, 3.8) is 0 Å². The normalized spacial score (nSPS) is 17.1. The summed E-state index contributed by atoms with van der Waals surface area (Å²) in [7, 11) is 1.57. The van der Waals surface area contributed by atoms with Crippen molar-refractivity contribution in [3.8, 4) is 0 Å². The third-order valence-electron chi connectivity index (χ3n) is 3.81. The molecule has 0 radical (unpaired) electrons. The second-order valence-electron chi connectivity index (χ2n) is 5.33. The Kier molecular flexibility index (Phi) is 4.59. The summed E-state index contributed by atoms with van der Waals surface area (Å²) in [6.07, 6.45) is 0.986. The summed E-state index contributed by atoms with van der Waals surface area (Å²) in [6.45, 7) is 2.85. The number of carbonyl (C=O) groups excluding carboxylic acids is 2. The lowest BCUT2D eigenvalue weighted by Gasteiger charge is -2.32. The highest BCUT2D eigenvalue weighted by Crippen LogP contribution is 2.22. The molecule has 4 N–H and O–H groups in total. The molecule has 6 heteroatoms. The molecule has 2 amide bonds. The van der Waals surface area contributed by atoms with Crippen LogP contribution in [-0.2, 0) is 9.53 Å². The predicted molar refractivity (Wildman–Crippen MR) is 80.2 cm³/mol. The van der Waals surface area contributed by atoms with Crippen molar-refractivity contribution in [1.82, 2.24) is 5.32 Å². The minimum atomic E-state index is -0.909. The number of anilines is 1. The standard InChI is InChI=1S/C15H21N3O3/c1-10-3-4-11(13(19)17-2)9-12(10)18-14(20)15(16)5-7-21-8-6-15/h3-4,9H,5-8,16H2,1-2H3,(H,17,19)(H,18,20). The third kappa shape index (κ3) is 3.40. The summed E-state index contributed by atoms with van der Waals surface area (Å²) in [6, 6.07) is 5.18. The Balaban J connectivity index is 2.18. The molecule has 2 rings (SSSR count). The fourth-order valence-electron chi connectivity index (χ4n) is 2.25. The largest absolute Gasteiger partial charge is 0.381 e. The molecule has 6 nitrogen and oxygen atoms in total. The van der Waals surface area contributed by atoms with Crippen molar-refractivity contribution in [2.75, 3.05) is 25.6 Å². The van der Waals surface area contributed by atoms with Gasteiger partial charge in [-0.1, -0.05) is 6.07 Å². The summed E-state index contributed by atoms with van der Waals surface area (Å²) in [4.78, 5) is 24.1. The van der Waals surface area contributed by atoms with Crippen molar-refractivity contribution >= 4 is 17.5 Å². The molecule has 0 saturated carbocycles. The van der Waals surface area contributed by atoms with Gasteiger partial charge in [-0.2, -0.15) is 0 Å². The molecule has 0 bridgehead atoms.